The van der Waals surface area contributed by atoms with Crippen molar-refractivity contribution in [3.63, 3.8) is 0 Å². The van der Waals surface area contributed by atoms with Crippen LogP contribution in [0.3, 0.4) is 0 Å². The van der Waals surface area contributed by atoms with E-state index in [0.29, 0.717) is 0 Å². The predicted octanol–water partition coefficient (Wildman–Crippen LogP) is 1.95. The summed E-state index contributed by atoms with van der Waals surface area (Å²) in [4.78, 5) is 0. The van der Waals surface area contributed by atoms with Crippen molar-refractivity contribution in [2.24, 2.45) is 0 Å². The molecule has 0 amide bonds. The first-order chi connectivity index (χ1) is 3.25. The molecule has 0 radical (unpaired) electrons. The molecule has 0 rings (SSSR count). The van der Waals surface area contributed by atoms with Gasteiger partial charge >= 0.3 is 0 Å². The van der Waals surface area contributed by atoms with Crippen molar-refractivity contribution in [3.8, 4) is 0 Å². The summed E-state index contributed by atoms with van der Waals surface area (Å²) in [5.41, 5.74) is 0. The van der Waals surface area contributed by atoms with Gasteiger partial charge in [0.1, 0.15) is 0 Å². The molecule has 0 aromatic rings. The third-order valence-corrected chi connectivity index (χ3v) is 0. The molecular weight excluding hydrogens is 76.1 g/mol. The lowest BCUT2D eigenvalue weighted by Crippen LogP contribution is -2.10. The molecule has 0 atom stereocenters. The molecule has 0 nitrogen and oxygen atoms in total. The molecule has 0 heterocycles. The third-order valence-electron chi connectivity index (χ3n) is 0. The highest BCUT2D eigenvalue weighted by atomic mass is 28.3. The monoisotopic (exact) mass is 91.1 g/mol. The van der Waals surface area contributed by atoms with E-state index in [2.05, 4.69) is 0 Å². The third kappa shape index (κ3) is 441. The van der Waals surface area contributed by atoms with Crippen LogP contribution in [-0.4, -0.2) is 8.07 Å². The van der Waals surface area contributed by atoms with Crippen LogP contribution in [0.1, 0.15) is 4.11 Å². The van der Waals surface area contributed by atoms with Gasteiger partial charge in [-0.2, -0.15) is 0 Å². The molecule has 32 valence electrons. The highest BCUT2D eigenvalue weighted by Gasteiger charge is 1.99. The molecule has 0 aliphatic carbocycles. The molecule has 5 heavy (non-hydrogen) atoms. The lowest BCUT2D eigenvalue weighted by atomic mass is 11.8. The summed E-state index contributed by atoms with van der Waals surface area (Å²) < 4.78 is 20.9. The van der Waals surface area contributed by atoms with Crippen molar-refractivity contribution in [3.05, 3.63) is 0 Å². The van der Waals surface area contributed by atoms with E-state index >= 15 is 0 Å². The Morgan fingerprint density at radius 2 is 1.60 bits per heavy atom. The summed E-state index contributed by atoms with van der Waals surface area (Å²) in [6.45, 7) is 3.87. The van der Waals surface area contributed by atoms with Crippen molar-refractivity contribution in [2.45, 2.75) is 26.1 Å². The Labute approximate surface area is 39.4 Å². The summed E-state index contributed by atoms with van der Waals surface area (Å²) in [7, 11) is -1.86. The summed E-state index contributed by atoms with van der Waals surface area (Å²) in [6, 6.07) is 0. The molecule has 0 spiro atoms. The van der Waals surface area contributed by atoms with E-state index in [-0.39, 0.29) is 0 Å². The summed E-state index contributed by atoms with van der Waals surface area (Å²) in [5, 5.41) is 0. The Balaban J connectivity index is 4.02. The lowest BCUT2D eigenvalue weighted by Gasteiger charge is -2.01. The van der Waals surface area contributed by atoms with E-state index in [4.69, 9.17) is 4.11 Å². The first-order valence-corrected chi connectivity index (χ1v) is 5.25. The minimum Gasteiger partial charge on any atom is -0.0697 e. The minimum atomic E-state index is -1.86. The molecule has 0 saturated carbocycles. The van der Waals surface area contributed by atoms with Crippen molar-refractivity contribution in [1.82, 2.24) is 0 Å². The summed E-state index contributed by atoms with van der Waals surface area (Å²) in [5.74, 6) is 0. The molecular formula is C4H12Si. The van der Waals surface area contributed by atoms with Crippen molar-refractivity contribution < 1.29 is 4.11 Å². The number of hydrogen-bond donors (Lipinski definition) is 0. The quantitative estimate of drug-likeness (QED) is 0.400. The van der Waals surface area contributed by atoms with Crippen LogP contribution in [0.5, 0.6) is 0 Å². The second-order valence-corrected chi connectivity index (χ2v) is 6.75. The topological polar surface area (TPSA) is 0 Å². The molecule has 0 unspecified atom stereocenters. The van der Waals surface area contributed by atoms with E-state index in [9.17, 15) is 0 Å². The van der Waals surface area contributed by atoms with Gasteiger partial charge in [0.05, 0.1) is 0 Å². The van der Waals surface area contributed by atoms with Gasteiger partial charge in [-0.3, -0.25) is 0 Å². The summed E-state index contributed by atoms with van der Waals surface area (Å²) >= 11 is 0. The predicted molar refractivity (Wildman–Crippen MR) is 29.2 cm³/mol. The minimum absolute atomic E-state index is 1.67. The van der Waals surface area contributed by atoms with Gasteiger partial charge in [0, 0.05) is 12.2 Å². The van der Waals surface area contributed by atoms with Crippen LogP contribution in [0, 0.1) is 0 Å². The average molecular weight is 91.2 g/mol. The molecule has 0 N–H and O–H groups in total. The Morgan fingerprint density at radius 1 is 1.40 bits per heavy atom. The Hall–Kier alpha value is 0.217. The molecule has 0 aliphatic rings. The molecule has 0 aromatic carbocycles. The van der Waals surface area contributed by atoms with E-state index in [1.54, 1.807) is 0 Å². The van der Waals surface area contributed by atoms with E-state index in [0.717, 1.165) is 0 Å². The highest BCUT2D eigenvalue weighted by Crippen LogP contribution is 1.94. The molecule has 0 saturated heterocycles. The Bertz CT molecular complexity index is 66.3. The lowest BCUT2D eigenvalue weighted by molar-refractivity contribution is 1.71. The van der Waals surface area contributed by atoms with Gasteiger partial charge in [-0.05, 0) is 0 Å². The van der Waals surface area contributed by atoms with Gasteiger partial charge in [0.2, 0.25) is 0 Å². The maximum Gasteiger partial charge on any atom is 0.0411 e. The van der Waals surface area contributed by atoms with Gasteiger partial charge in [-0.25, -0.2) is 0 Å². The van der Waals surface area contributed by atoms with E-state index in [1.165, 1.54) is 0 Å². The second-order valence-electron chi connectivity index (χ2n) is 2.25. The van der Waals surface area contributed by atoms with Crippen molar-refractivity contribution in [2.75, 3.05) is 0 Å². The molecule has 0 fully saturated rings. The normalized spacial score (nSPS) is 23.4. The standard InChI is InChI=1S/C4H12Si/c1-5(2,3)4/h1-4H3/i1D3. The maximum atomic E-state index is 6.98. The van der Waals surface area contributed by atoms with Gasteiger partial charge in [0.15, 0.2) is 0 Å². The molecule has 0 aliphatic heterocycles. The fourth-order valence-corrected chi connectivity index (χ4v) is 0. The van der Waals surface area contributed by atoms with E-state index in [1.807, 2.05) is 19.6 Å². The zero-order valence-corrected chi connectivity index (χ0v) is 5.00. The van der Waals surface area contributed by atoms with E-state index < -0.39 is 14.5 Å². The maximum absolute atomic E-state index is 6.98. The van der Waals surface area contributed by atoms with Crippen LogP contribution < -0.4 is 0 Å². The largest absolute Gasteiger partial charge is 0.0697 e. The fourth-order valence-electron chi connectivity index (χ4n) is 0. The van der Waals surface area contributed by atoms with Crippen LogP contribution in [0.4, 0.5) is 0 Å². The zero-order valence-electron chi connectivity index (χ0n) is 7.00. The molecule has 1 heteroatoms. The van der Waals surface area contributed by atoms with Crippen LogP contribution in [-0.2, 0) is 0 Å². The smallest absolute Gasteiger partial charge is 0.0411 e. The highest BCUT2D eigenvalue weighted by molar-refractivity contribution is 6.74. The molecule has 0 aromatic heterocycles. The first-order valence-electron chi connectivity index (χ1n) is 3.25. The van der Waals surface area contributed by atoms with Crippen LogP contribution in [0.25, 0.3) is 0 Å². The Morgan fingerprint density at radius 3 is 1.60 bits per heavy atom. The SMILES string of the molecule is [2H]C([2H])([2H])[Si](C)(C)C. The summed E-state index contributed by atoms with van der Waals surface area (Å²) in [6.07, 6.45) is 0. The van der Waals surface area contributed by atoms with Gasteiger partial charge < -0.3 is 0 Å². The Kier molecular flexibility index (Phi) is 0.402. The van der Waals surface area contributed by atoms with Crippen LogP contribution >= 0.6 is 0 Å². The fraction of sp³-hybridized carbons (Fsp3) is 1.00. The van der Waals surface area contributed by atoms with Crippen LogP contribution in [0.15, 0.2) is 0 Å². The van der Waals surface area contributed by atoms with Gasteiger partial charge in [-0.15, -0.1) is 0 Å². The number of rotatable bonds is 0. The average Bonchev–Trinajstić information content (AvgIpc) is 1.25. The van der Waals surface area contributed by atoms with Crippen LogP contribution in [0.2, 0.25) is 26.1 Å². The second kappa shape index (κ2) is 1.13. The number of hydrogen-bond acceptors (Lipinski definition) is 0. The van der Waals surface area contributed by atoms with Crippen molar-refractivity contribution in [1.29, 1.82) is 0 Å². The van der Waals surface area contributed by atoms with Crippen molar-refractivity contribution >= 4 is 8.07 Å². The zero-order chi connectivity index (χ0) is 7.00. The van der Waals surface area contributed by atoms with Gasteiger partial charge in [0.25, 0.3) is 0 Å². The van der Waals surface area contributed by atoms with Gasteiger partial charge in [-0.1, -0.05) is 26.1 Å². The molecule has 0 bridgehead atoms. The first kappa shape index (κ1) is 1.78.